The third kappa shape index (κ3) is 7.63. The molecule has 1 saturated heterocycles. The van der Waals surface area contributed by atoms with Gasteiger partial charge in [0, 0.05) is 31.2 Å². The first-order valence-electron chi connectivity index (χ1n) is 12.9. The van der Waals surface area contributed by atoms with Gasteiger partial charge in [-0.2, -0.15) is 8.61 Å². The van der Waals surface area contributed by atoms with Gasteiger partial charge in [0.05, 0.1) is 16.5 Å². The molecule has 0 aromatic heterocycles. The molecule has 0 radical (unpaired) electrons. The fourth-order valence-corrected chi connectivity index (χ4v) is 8.10. The van der Waals surface area contributed by atoms with Crippen LogP contribution in [0, 0.1) is 0 Å². The van der Waals surface area contributed by atoms with Crippen molar-refractivity contribution in [3.63, 3.8) is 0 Å². The van der Waals surface area contributed by atoms with Crippen LogP contribution in [-0.4, -0.2) is 57.5 Å². The number of piperidine rings is 1. The van der Waals surface area contributed by atoms with E-state index in [1.54, 1.807) is 12.1 Å². The Morgan fingerprint density at radius 1 is 0.850 bits per heavy atom. The molecule has 1 heterocycles. The van der Waals surface area contributed by atoms with E-state index in [0.717, 1.165) is 29.1 Å². The third-order valence-electron chi connectivity index (χ3n) is 6.69. The Kier molecular flexibility index (Phi) is 10.3. The van der Waals surface area contributed by atoms with Crippen LogP contribution in [0.15, 0.2) is 82.6 Å². The highest BCUT2D eigenvalue weighted by Gasteiger charge is 2.29. The summed E-state index contributed by atoms with van der Waals surface area (Å²) in [5, 5.41) is 2.95. The van der Waals surface area contributed by atoms with Crippen molar-refractivity contribution in [2.24, 2.45) is 0 Å². The summed E-state index contributed by atoms with van der Waals surface area (Å²) >= 11 is 12.2. The van der Waals surface area contributed by atoms with Crippen molar-refractivity contribution >= 4 is 49.2 Å². The van der Waals surface area contributed by atoms with Crippen molar-refractivity contribution < 1.29 is 21.6 Å². The number of sulfonamides is 2. The van der Waals surface area contributed by atoms with Crippen LogP contribution >= 0.6 is 23.2 Å². The van der Waals surface area contributed by atoms with E-state index in [4.69, 9.17) is 23.2 Å². The molecule has 3 aromatic carbocycles. The van der Waals surface area contributed by atoms with Gasteiger partial charge < -0.3 is 5.32 Å². The molecule has 1 amide bonds. The average Bonchev–Trinajstić information content (AvgIpc) is 2.96. The molecule has 1 fully saturated rings. The molecule has 0 atom stereocenters. The van der Waals surface area contributed by atoms with E-state index >= 15 is 0 Å². The second kappa shape index (κ2) is 13.5. The summed E-state index contributed by atoms with van der Waals surface area (Å²) in [7, 11) is -7.70. The Hall–Kier alpha value is -2.47. The van der Waals surface area contributed by atoms with Gasteiger partial charge in [0.15, 0.2) is 0 Å². The number of nitrogens with zero attached hydrogens (tertiary/aromatic N) is 2. The van der Waals surface area contributed by atoms with Gasteiger partial charge in [-0.25, -0.2) is 16.8 Å². The molecule has 0 bridgehead atoms. The monoisotopic (exact) mass is 623 g/mol. The molecule has 1 aliphatic heterocycles. The molecule has 8 nitrogen and oxygen atoms in total. The normalized spacial score (nSPS) is 14.8. The first-order chi connectivity index (χ1) is 19.1. The zero-order valence-electron chi connectivity index (χ0n) is 21.8. The van der Waals surface area contributed by atoms with Crippen LogP contribution in [0.5, 0.6) is 0 Å². The van der Waals surface area contributed by atoms with Crippen molar-refractivity contribution in [1.29, 1.82) is 0 Å². The SMILES string of the molecule is O=C(CN(CCc1ccccc1)S(=O)(=O)c1cc(Cl)ccc1Cl)NCc1ccc(S(=O)(=O)N2CCCCC2)cc1. The average molecular weight is 625 g/mol. The zero-order valence-corrected chi connectivity index (χ0v) is 24.9. The molecule has 0 spiro atoms. The van der Waals surface area contributed by atoms with Gasteiger partial charge in [-0.05, 0) is 60.7 Å². The maximum atomic E-state index is 13.5. The Morgan fingerprint density at radius 2 is 1.52 bits per heavy atom. The number of carbonyl (C=O) groups is 1. The highest BCUT2D eigenvalue weighted by atomic mass is 35.5. The Bertz CT molecular complexity index is 1530. The van der Waals surface area contributed by atoms with Crippen molar-refractivity contribution in [3.05, 3.63) is 94.0 Å². The van der Waals surface area contributed by atoms with Crippen LogP contribution in [0.4, 0.5) is 0 Å². The van der Waals surface area contributed by atoms with Crippen LogP contribution in [0.2, 0.25) is 10.0 Å². The third-order valence-corrected chi connectivity index (χ3v) is 11.2. The molecule has 1 aliphatic rings. The lowest BCUT2D eigenvalue weighted by Crippen LogP contribution is -2.41. The van der Waals surface area contributed by atoms with Gasteiger partial charge >= 0.3 is 0 Å². The number of carbonyl (C=O) groups excluding carboxylic acids is 1. The summed E-state index contributed by atoms with van der Waals surface area (Å²) in [6.07, 6.45) is 3.12. The summed E-state index contributed by atoms with van der Waals surface area (Å²) in [5.74, 6) is -0.514. The Labute approximate surface area is 246 Å². The van der Waals surface area contributed by atoms with E-state index in [-0.39, 0.29) is 32.9 Å². The summed E-state index contributed by atoms with van der Waals surface area (Å²) in [6, 6.07) is 19.9. The smallest absolute Gasteiger partial charge is 0.245 e. The van der Waals surface area contributed by atoms with Crippen molar-refractivity contribution in [3.8, 4) is 0 Å². The molecule has 214 valence electrons. The number of benzene rings is 3. The summed E-state index contributed by atoms with van der Waals surface area (Å²) in [5.41, 5.74) is 1.60. The minimum Gasteiger partial charge on any atom is -0.351 e. The lowest BCUT2D eigenvalue weighted by Gasteiger charge is -2.25. The standard InChI is InChI=1S/C28H31Cl2N3O5S2/c29-24-11-14-26(30)27(19-24)40(37,38)33(18-15-22-7-3-1-4-8-22)21-28(34)31-20-23-9-12-25(13-10-23)39(35,36)32-16-5-2-6-17-32/h1,3-4,7-14,19H,2,5-6,15-18,20-21H2,(H,31,34). The highest BCUT2D eigenvalue weighted by molar-refractivity contribution is 7.89. The van der Waals surface area contributed by atoms with Crippen LogP contribution in [0.1, 0.15) is 30.4 Å². The molecular weight excluding hydrogens is 593 g/mol. The molecular formula is C28H31Cl2N3O5S2. The first-order valence-corrected chi connectivity index (χ1v) is 16.6. The number of rotatable bonds is 11. The van der Waals surface area contributed by atoms with E-state index in [1.165, 1.54) is 34.6 Å². The van der Waals surface area contributed by atoms with Crippen LogP contribution in [0.3, 0.4) is 0 Å². The summed E-state index contributed by atoms with van der Waals surface area (Å²) in [4.78, 5) is 13.0. The van der Waals surface area contributed by atoms with Gasteiger partial charge in [0.25, 0.3) is 0 Å². The van der Waals surface area contributed by atoms with Crippen LogP contribution in [0.25, 0.3) is 0 Å². The van der Waals surface area contributed by atoms with Gasteiger partial charge in [-0.3, -0.25) is 4.79 Å². The summed E-state index contributed by atoms with van der Waals surface area (Å²) in [6.45, 7) is 0.757. The summed E-state index contributed by atoms with van der Waals surface area (Å²) < 4.78 is 55.4. The van der Waals surface area contributed by atoms with Gasteiger partial charge in [-0.1, -0.05) is 72.1 Å². The predicted molar refractivity (Wildman–Crippen MR) is 156 cm³/mol. The minimum absolute atomic E-state index is 0.00844. The molecule has 0 saturated carbocycles. The fourth-order valence-electron chi connectivity index (χ4n) is 4.45. The molecule has 0 aliphatic carbocycles. The topological polar surface area (TPSA) is 104 Å². The fraction of sp³-hybridized carbons (Fsp3) is 0.321. The predicted octanol–water partition coefficient (Wildman–Crippen LogP) is 4.72. The molecule has 4 rings (SSSR count). The van der Waals surface area contributed by atoms with Crippen molar-refractivity contribution in [2.75, 3.05) is 26.2 Å². The van der Waals surface area contributed by atoms with Crippen molar-refractivity contribution in [1.82, 2.24) is 13.9 Å². The second-order valence-corrected chi connectivity index (χ2v) is 14.2. The second-order valence-electron chi connectivity index (χ2n) is 9.53. The maximum Gasteiger partial charge on any atom is 0.245 e. The number of amides is 1. The first kappa shape index (κ1) is 30.5. The van der Waals surface area contributed by atoms with E-state index in [1.807, 2.05) is 30.3 Å². The van der Waals surface area contributed by atoms with E-state index < -0.39 is 32.5 Å². The van der Waals surface area contributed by atoms with E-state index in [2.05, 4.69) is 5.32 Å². The molecule has 0 unspecified atom stereocenters. The van der Waals surface area contributed by atoms with Crippen molar-refractivity contribution in [2.45, 2.75) is 42.0 Å². The number of halogens is 2. The van der Waals surface area contributed by atoms with Gasteiger partial charge in [0.1, 0.15) is 4.90 Å². The van der Waals surface area contributed by atoms with Gasteiger partial charge in [-0.15, -0.1) is 0 Å². The lowest BCUT2D eigenvalue weighted by atomic mass is 10.1. The largest absolute Gasteiger partial charge is 0.351 e. The van der Waals surface area contributed by atoms with Gasteiger partial charge in [0.2, 0.25) is 26.0 Å². The Balaban J connectivity index is 1.44. The quantitative estimate of drug-likeness (QED) is 0.333. The zero-order chi connectivity index (χ0) is 28.8. The van der Waals surface area contributed by atoms with Crippen LogP contribution < -0.4 is 5.32 Å². The molecule has 12 heteroatoms. The lowest BCUT2D eigenvalue weighted by molar-refractivity contribution is -0.121. The highest BCUT2D eigenvalue weighted by Crippen LogP contribution is 2.28. The Morgan fingerprint density at radius 3 is 2.20 bits per heavy atom. The molecule has 3 aromatic rings. The molecule has 40 heavy (non-hydrogen) atoms. The van der Waals surface area contributed by atoms with E-state index in [0.29, 0.717) is 25.1 Å². The number of hydrogen-bond donors (Lipinski definition) is 1. The number of hydrogen-bond acceptors (Lipinski definition) is 5. The number of nitrogens with one attached hydrogen (secondary N) is 1. The van der Waals surface area contributed by atoms with E-state index in [9.17, 15) is 21.6 Å². The maximum absolute atomic E-state index is 13.5. The minimum atomic E-state index is -4.15. The molecule has 1 N–H and O–H groups in total. The van der Waals surface area contributed by atoms with Crippen LogP contribution in [-0.2, 0) is 37.8 Å².